The number of hydrogen-bond acceptors (Lipinski definition) is 2. The minimum absolute atomic E-state index is 0.328. The number of ketones is 1. The molecule has 0 saturated heterocycles. The van der Waals surface area contributed by atoms with E-state index in [1.54, 1.807) is 13.0 Å². The zero-order valence-corrected chi connectivity index (χ0v) is 9.91. The number of carboxylic acids is 1. The molecule has 0 aliphatic heterocycles. The van der Waals surface area contributed by atoms with E-state index < -0.39 is 11.3 Å². The largest absolute Gasteiger partial charge is 0.481 e. The third-order valence-corrected chi connectivity index (χ3v) is 2.65. The second-order valence-corrected chi connectivity index (χ2v) is 4.27. The smallest absolute Gasteiger partial charge is 0.305 e. The molecule has 1 N–H and O–H groups in total. The molecule has 0 fully saturated rings. The standard InChI is InChI=1S/C12H13ClO3/c1-7-3-4-8(2)9(5-7)12(16)10(13)6-11(14)15/h3-5,10H,6H2,1-2H3,(H,14,15). The number of aliphatic carboxylic acids is 1. The van der Waals surface area contributed by atoms with E-state index in [0.717, 1.165) is 11.1 Å². The fourth-order valence-corrected chi connectivity index (χ4v) is 1.67. The van der Waals surface area contributed by atoms with E-state index in [1.807, 2.05) is 19.1 Å². The Balaban J connectivity index is 2.95. The summed E-state index contributed by atoms with van der Waals surface area (Å²) < 4.78 is 0. The van der Waals surface area contributed by atoms with Crippen LogP contribution in [0.2, 0.25) is 0 Å². The number of hydrogen-bond donors (Lipinski definition) is 1. The number of Topliss-reactive ketones (excluding diaryl/α,β-unsaturated/α-hetero) is 1. The second kappa shape index (κ2) is 5.12. The van der Waals surface area contributed by atoms with Gasteiger partial charge in [0.15, 0.2) is 5.78 Å². The molecular formula is C12H13ClO3. The summed E-state index contributed by atoms with van der Waals surface area (Å²) in [6.07, 6.45) is -0.353. The highest BCUT2D eigenvalue weighted by molar-refractivity contribution is 6.35. The number of rotatable bonds is 4. The molecule has 1 atom stereocenters. The summed E-state index contributed by atoms with van der Waals surface area (Å²) in [4.78, 5) is 22.3. The maximum Gasteiger partial charge on any atom is 0.305 e. The first-order chi connectivity index (χ1) is 7.41. The van der Waals surface area contributed by atoms with Crippen molar-refractivity contribution >= 4 is 23.4 Å². The van der Waals surface area contributed by atoms with Gasteiger partial charge in [-0.2, -0.15) is 0 Å². The second-order valence-electron chi connectivity index (χ2n) is 3.75. The Hall–Kier alpha value is -1.35. The first-order valence-corrected chi connectivity index (χ1v) is 5.33. The third kappa shape index (κ3) is 3.07. The van der Waals surface area contributed by atoms with Crippen LogP contribution in [-0.4, -0.2) is 22.2 Å². The van der Waals surface area contributed by atoms with E-state index >= 15 is 0 Å². The lowest BCUT2D eigenvalue weighted by molar-refractivity contribution is -0.136. The number of carbonyl (C=O) groups is 2. The molecule has 0 radical (unpaired) electrons. The SMILES string of the molecule is Cc1ccc(C)c(C(=O)C(Cl)CC(=O)O)c1. The van der Waals surface area contributed by atoms with Crippen LogP contribution in [0, 0.1) is 13.8 Å². The van der Waals surface area contributed by atoms with E-state index in [-0.39, 0.29) is 12.2 Å². The maximum absolute atomic E-state index is 11.9. The number of aryl methyl sites for hydroxylation is 2. The van der Waals surface area contributed by atoms with Crippen LogP contribution in [0.15, 0.2) is 18.2 Å². The third-order valence-electron chi connectivity index (χ3n) is 2.30. The van der Waals surface area contributed by atoms with E-state index in [1.165, 1.54) is 0 Å². The average Bonchev–Trinajstić information content (AvgIpc) is 2.19. The van der Waals surface area contributed by atoms with Crippen LogP contribution >= 0.6 is 11.6 Å². The number of benzene rings is 1. The van der Waals surface area contributed by atoms with E-state index in [2.05, 4.69) is 0 Å². The van der Waals surface area contributed by atoms with Gasteiger partial charge < -0.3 is 5.11 Å². The normalized spacial score (nSPS) is 12.2. The lowest BCUT2D eigenvalue weighted by Crippen LogP contribution is -2.19. The van der Waals surface area contributed by atoms with E-state index in [0.29, 0.717) is 5.56 Å². The van der Waals surface area contributed by atoms with Crippen LogP contribution in [0.1, 0.15) is 27.9 Å². The Labute approximate surface area is 99.0 Å². The van der Waals surface area contributed by atoms with Crippen molar-refractivity contribution in [2.24, 2.45) is 0 Å². The van der Waals surface area contributed by atoms with Crippen molar-refractivity contribution in [2.75, 3.05) is 0 Å². The van der Waals surface area contributed by atoms with Crippen molar-refractivity contribution in [3.63, 3.8) is 0 Å². The Bertz CT molecular complexity index is 426. The summed E-state index contributed by atoms with van der Waals surface area (Å²) in [5, 5.41) is 7.57. The Morgan fingerprint density at radius 2 is 2.00 bits per heavy atom. The minimum atomic E-state index is -1.07. The Morgan fingerprint density at radius 1 is 1.38 bits per heavy atom. The summed E-state index contributed by atoms with van der Waals surface area (Å²) in [7, 11) is 0. The molecule has 0 heterocycles. The Kier molecular flexibility index (Phi) is 4.07. The molecule has 3 nitrogen and oxygen atoms in total. The monoisotopic (exact) mass is 240 g/mol. The predicted octanol–water partition coefficient (Wildman–Crippen LogP) is 2.57. The van der Waals surface area contributed by atoms with Gasteiger partial charge in [0.1, 0.15) is 5.38 Å². The number of halogens is 1. The fraction of sp³-hybridized carbons (Fsp3) is 0.333. The molecule has 0 aliphatic carbocycles. The van der Waals surface area contributed by atoms with Gasteiger partial charge in [0.05, 0.1) is 6.42 Å². The molecule has 16 heavy (non-hydrogen) atoms. The van der Waals surface area contributed by atoms with Crippen LogP contribution in [0.25, 0.3) is 0 Å². The summed E-state index contributed by atoms with van der Waals surface area (Å²) in [6, 6.07) is 5.45. The van der Waals surface area contributed by atoms with Crippen LogP contribution in [0.3, 0.4) is 0 Å². The molecule has 1 unspecified atom stereocenters. The lowest BCUT2D eigenvalue weighted by atomic mass is 9.99. The summed E-state index contributed by atoms with van der Waals surface area (Å²) in [5.41, 5.74) is 2.26. The summed E-state index contributed by atoms with van der Waals surface area (Å²) in [6.45, 7) is 3.67. The van der Waals surface area contributed by atoms with Gasteiger partial charge in [-0.25, -0.2) is 0 Å². The van der Waals surface area contributed by atoms with E-state index in [9.17, 15) is 9.59 Å². The highest BCUT2D eigenvalue weighted by atomic mass is 35.5. The Morgan fingerprint density at radius 3 is 2.56 bits per heavy atom. The first-order valence-electron chi connectivity index (χ1n) is 4.89. The van der Waals surface area contributed by atoms with Gasteiger partial charge in [-0.1, -0.05) is 17.7 Å². The van der Waals surface area contributed by atoms with E-state index in [4.69, 9.17) is 16.7 Å². The van der Waals surface area contributed by atoms with Crippen LogP contribution in [0.4, 0.5) is 0 Å². The van der Waals surface area contributed by atoms with Gasteiger partial charge in [0.25, 0.3) is 0 Å². The topological polar surface area (TPSA) is 54.4 Å². The number of carbonyl (C=O) groups excluding carboxylic acids is 1. The molecule has 4 heteroatoms. The van der Waals surface area contributed by atoms with Crippen LogP contribution in [0.5, 0.6) is 0 Å². The van der Waals surface area contributed by atoms with Crippen molar-refractivity contribution in [3.8, 4) is 0 Å². The van der Waals surface area contributed by atoms with Crippen molar-refractivity contribution in [3.05, 3.63) is 34.9 Å². The molecule has 0 bridgehead atoms. The molecule has 0 aromatic heterocycles. The molecule has 1 aromatic rings. The van der Waals surface area contributed by atoms with Gasteiger partial charge in [0.2, 0.25) is 0 Å². The molecule has 0 saturated carbocycles. The minimum Gasteiger partial charge on any atom is -0.481 e. The van der Waals surface area contributed by atoms with Crippen LogP contribution < -0.4 is 0 Å². The lowest BCUT2D eigenvalue weighted by Gasteiger charge is -2.09. The zero-order chi connectivity index (χ0) is 12.3. The molecule has 0 amide bonds. The van der Waals surface area contributed by atoms with Gasteiger partial charge >= 0.3 is 5.97 Å². The molecule has 0 spiro atoms. The fourth-order valence-electron chi connectivity index (χ4n) is 1.42. The van der Waals surface area contributed by atoms with Crippen LogP contribution in [-0.2, 0) is 4.79 Å². The highest BCUT2D eigenvalue weighted by Crippen LogP contribution is 2.17. The highest BCUT2D eigenvalue weighted by Gasteiger charge is 2.21. The number of alkyl halides is 1. The van der Waals surface area contributed by atoms with Gasteiger partial charge in [-0.15, -0.1) is 11.6 Å². The van der Waals surface area contributed by atoms with Crippen molar-refractivity contribution in [1.29, 1.82) is 0 Å². The zero-order valence-electron chi connectivity index (χ0n) is 9.16. The van der Waals surface area contributed by atoms with Crippen molar-refractivity contribution in [1.82, 2.24) is 0 Å². The average molecular weight is 241 g/mol. The predicted molar refractivity (Wildman–Crippen MR) is 62.1 cm³/mol. The van der Waals surface area contributed by atoms with Gasteiger partial charge in [-0.05, 0) is 25.5 Å². The first kappa shape index (κ1) is 12.7. The maximum atomic E-state index is 11.9. The van der Waals surface area contributed by atoms with Gasteiger partial charge in [-0.3, -0.25) is 9.59 Å². The molecular weight excluding hydrogens is 228 g/mol. The summed E-state index contributed by atoms with van der Waals surface area (Å²) in [5.74, 6) is -1.40. The molecule has 1 rings (SSSR count). The quantitative estimate of drug-likeness (QED) is 0.650. The molecule has 86 valence electrons. The molecule has 1 aromatic carbocycles. The summed E-state index contributed by atoms with van der Waals surface area (Å²) >= 11 is 5.75. The molecule has 0 aliphatic rings. The number of carboxylic acid groups (broad SMARTS) is 1. The van der Waals surface area contributed by atoms with Crippen molar-refractivity contribution < 1.29 is 14.7 Å². The van der Waals surface area contributed by atoms with Gasteiger partial charge in [0, 0.05) is 5.56 Å². The van der Waals surface area contributed by atoms with Crippen molar-refractivity contribution in [2.45, 2.75) is 25.6 Å².